The molecule has 0 bridgehead atoms. The van der Waals surface area contributed by atoms with Gasteiger partial charge in [0.25, 0.3) is 0 Å². The van der Waals surface area contributed by atoms with Crippen LogP contribution in [0.5, 0.6) is 5.75 Å². The van der Waals surface area contributed by atoms with E-state index in [2.05, 4.69) is 15.3 Å². The fraction of sp³-hybridized carbons (Fsp3) is 0.238. The molecule has 6 nitrogen and oxygen atoms in total. The zero-order valence-corrected chi connectivity index (χ0v) is 16.4. The molecule has 4 rings (SSSR count). The van der Waals surface area contributed by atoms with Gasteiger partial charge in [0.1, 0.15) is 5.75 Å². The molecule has 0 aliphatic heterocycles. The monoisotopic (exact) mass is 413 g/mol. The van der Waals surface area contributed by atoms with Crippen LogP contribution >= 0.6 is 0 Å². The summed E-state index contributed by atoms with van der Waals surface area (Å²) in [5.41, 5.74) is -0.569. The number of aryl methyl sites for hydroxylation is 1. The molecule has 0 amide bonds. The second-order valence-electron chi connectivity index (χ2n) is 6.93. The van der Waals surface area contributed by atoms with E-state index in [1.165, 1.54) is 32.4 Å². The fourth-order valence-corrected chi connectivity index (χ4v) is 4.05. The average molecular weight is 413 g/mol. The molecule has 30 heavy (non-hydrogen) atoms. The van der Waals surface area contributed by atoms with Crippen molar-refractivity contribution in [1.82, 2.24) is 19.9 Å². The Morgan fingerprint density at radius 1 is 1.23 bits per heavy atom. The number of hydrogen-bond acceptors (Lipinski definition) is 4. The summed E-state index contributed by atoms with van der Waals surface area (Å²) in [6, 6.07) is 9.55. The minimum absolute atomic E-state index is 0.0782. The number of alkyl halides is 3. The molecule has 9 heteroatoms. The van der Waals surface area contributed by atoms with E-state index in [0.717, 1.165) is 16.5 Å². The number of benzene rings is 2. The number of rotatable bonds is 4. The van der Waals surface area contributed by atoms with Crippen LogP contribution in [-0.4, -0.2) is 34.9 Å². The van der Waals surface area contributed by atoms with E-state index in [1.807, 2.05) is 6.07 Å². The minimum atomic E-state index is -4.77. The molecular formula is C21H18F3N5O. The number of aromatic nitrogens is 3. The highest BCUT2D eigenvalue weighted by Gasteiger charge is 2.59. The van der Waals surface area contributed by atoms with E-state index in [1.54, 1.807) is 25.3 Å². The quantitative estimate of drug-likeness (QED) is 0.526. The molecule has 0 aliphatic rings. The van der Waals surface area contributed by atoms with Crippen molar-refractivity contribution in [2.75, 3.05) is 14.2 Å². The Bertz CT molecular complexity index is 1300. The van der Waals surface area contributed by atoms with Gasteiger partial charge in [-0.05, 0) is 49.9 Å². The maximum absolute atomic E-state index is 14.9. The van der Waals surface area contributed by atoms with Gasteiger partial charge in [-0.2, -0.15) is 18.4 Å². The highest BCUT2D eigenvalue weighted by Crippen LogP contribution is 2.48. The number of aromatic amines is 1. The summed E-state index contributed by atoms with van der Waals surface area (Å²) in [6.07, 6.45) is -2.04. The lowest BCUT2D eigenvalue weighted by atomic mass is 9.91. The highest BCUT2D eigenvalue weighted by atomic mass is 19.4. The van der Waals surface area contributed by atoms with E-state index < -0.39 is 11.8 Å². The molecule has 1 unspecified atom stereocenters. The van der Waals surface area contributed by atoms with Gasteiger partial charge in [0.15, 0.2) is 0 Å². The van der Waals surface area contributed by atoms with Gasteiger partial charge in [-0.1, -0.05) is 0 Å². The molecule has 0 radical (unpaired) electrons. The number of nitrogens with one attached hydrogen (secondary N) is 2. The smallest absolute Gasteiger partial charge is 0.430 e. The third-order valence-electron chi connectivity index (χ3n) is 5.40. The molecule has 0 saturated carbocycles. The van der Waals surface area contributed by atoms with Crippen molar-refractivity contribution in [2.45, 2.75) is 18.8 Å². The molecule has 0 spiro atoms. The van der Waals surface area contributed by atoms with Crippen LogP contribution in [0.3, 0.4) is 0 Å². The van der Waals surface area contributed by atoms with E-state index in [0.29, 0.717) is 16.5 Å². The van der Waals surface area contributed by atoms with Crippen molar-refractivity contribution >= 4 is 21.9 Å². The molecular weight excluding hydrogens is 395 g/mol. The van der Waals surface area contributed by atoms with Crippen LogP contribution in [0.2, 0.25) is 0 Å². The molecule has 0 saturated heterocycles. The van der Waals surface area contributed by atoms with Crippen LogP contribution in [0.25, 0.3) is 21.9 Å². The molecule has 2 aromatic carbocycles. The van der Waals surface area contributed by atoms with Crippen molar-refractivity contribution < 1.29 is 17.9 Å². The van der Waals surface area contributed by atoms with Crippen molar-refractivity contribution in [3.05, 3.63) is 59.5 Å². The topological polar surface area (TPSA) is 78.7 Å². The summed E-state index contributed by atoms with van der Waals surface area (Å²) in [5.74, 6) is 0.0989. The Labute approximate surface area is 169 Å². The summed E-state index contributed by atoms with van der Waals surface area (Å²) in [7, 11) is 2.60. The number of halogens is 3. The summed E-state index contributed by atoms with van der Waals surface area (Å²) < 4.78 is 51.2. The lowest BCUT2D eigenvalue weighted by molar-refractivity contribution is -0.208. The number of fused-ring (bicyclic) bond motifs is 2. The van der Waals surface area contributed by atoms with Gasteiger partial charge in [0.05, 0.1) is 41.7 Å². The standard InChI is InChI=1S/C21H18F3N5O/c1-12-8-17(30-3)18(14-6-7-27-19(12)14)20(26-2,21(22,23)24)29-11-28-15-9-13(10-25)4-5-16(15)29/h4-9,11,26-27H,1-3H3. The van der Waals surface area contributed by atoms with Crippen LogP contribution in [0.4, 0.5) is 13.2 Å². The molecule has 0 aliphatic carbocycles. The SMILES string of the molecule is CNC(c1c(OC)cc(C)c2[nH]ccc12)(n1cnc2cc(C#N)ccc21)C(F)(F)F. The summed E-state index contributed by atoms with van der Waals surface area (Å²) in [4.78, 5) is 7.16. The number of hydrogen-bond donors (Lipinski definition) is 2. The molecule has 2 N–H and O–H groups in total. The molecule has 1 atom stereocenters. The van der Waals surface area contributed by atoms with Crippen molar-refractivity contribution in [3.63, 3.8) is 0 Å². The zero-order chi connectivity index (χ0) is 21.7. The third-order valence-corrected chi connectivity index (χ3v) is 5.40. The Balaban J connectivity index is 2.17. The fourth-order valence-electron chi connectivity index (χ4n) is 4.05. The molecule has 0 fully saturated rings. The first-order chi connectivity index (χ1) is 14.3. The van der Waals surface area contributed by atoms with Gasteiger partial charge in [0.2, 0.25) is 5.66 Å². The largest absolute Gasteiger partial charge is 0.496 e. The van der Waals surface area contributed by atoms with Gasteiger partial charge in [-0.25, -0.2) is 4.98 Å². The van der Waals surface area contributed by atoms with E-state index in [4.69, 9.17) is 10.00 Å². The Hall–Kier alpha value is -3.51. The van der Waals surface area contributed by atoms with Crippen LogP contribution in [0.15, 0.2) is 42.9 Å². The van der Waals surface area contributed by atoms with Gasteiger partial charge in [-0.15, -0.1) is 0 Å². The van der Waals surface area contributed by atoms with Gasteiger partial charge in [0, 0.05) is 17.1 Å². The van der Waals surface area contributed by atoms with Crippen LogP contribution in [0, 0.1) is 18.3 Å². The first-order valence-electron chi connectivity index (χ1n) is 9.07. The van der Waals surface area contributed by atoms with E-state index in [-0.39, 0.29) is 22.3 Å². The van der Waals surface area contributed by atoms with Crippen LogP contribution in [0.1, 0.15) is 16.7 Å². The van der Waals surface area contributed by atoms with Crippen LogP contribution < -0.4 is 10.1 Å². The Kier molecular flexibility index (Phi) is 4.47. The lowest BCUT2D eigenvalue weighted by Crippen LogP contribution is -2.57. The van der Waals surface area contributed by atoms with Crippen molar-refractivity contribution in [1.29, 1.82) is 5.26 Å². The van der Waals surface area contributed by atoms with Crippen molar-refractivity contribution in [3.8, 4) is 11.8 Å². The van der Waals surface area contributed by atoms with E-state index in [9.17, 15) is 13.2 Å². The van der Waals surface area contributed by atoms with Gasteiger partial charge in [-0.3, -0.25) is 9.88 Å². The first kappa shape index (κ1) is 19.8. The minimum Gasteiger partial charge on any atom is -0.496 e. The molecule has 4 aromatic rings. The molecule has 2 aromatic heterocycles. The Morgan fingerprint density at radius 3 is 2.63 bits per heavy atom. The molecule has 2 heterocycles. The number of ether oxygens (including phenoxy) is 1. The maximum atomic E-state index is 14.9. The summed E-state index contributed by atoms with van der Waals surface area (Å²) in [6.45, 7) is 1.80. The summed E-state index contributed by atoms with van der Waals surface area (Å²) >= 11 is 0. The highest BCUT2D eigenvalue weighted by molar-refractivity contribution is 5.90. The van der Waals surface area contributed by atoms with Crippen molar-refractivity contribution in [2.24, 2.45) is 0 Å². The predicted molar refractivity (Wildman–Crippen MR) is 106 cm³/mol. The average Bonchev–Trinajstić information content (AvgIpc) is 3.36. The second kappa shape index (κ2) is 6.78. The van der Waals surface area contributed by atoms with Gasteiger partial charge < -0.3 is 9.72 Å². The number of nitriles is 1. The number of imidazole rings is 1. The third kappa shape index (κ3) is 2.57. The normalized spacial score (nSPS) is 14.0. The van der Waals surface area contributed by atoms with Crippen LogP contribution in [-0.2, 0) is 5.66 Å². The lowest BCUT2D eigenvalue weighted by Gasteiger charge is -2.38. The number of H-pyrrole nitrogens is 1. The van der Waals surface area contributed by atoms with E-state index >= 15 is 0 Å². The maximum Gasteiger partial charge on any atom is 0.430 e. The molecule has 154 valence electrons. The zero-order valence-electron chi connectivity index (χ0n) is 16.4. The second-order valence-corrected chi connectivity index (χ2v) is 6.93. The number of methoxy groups -OCH3 is 1. The summed E-state index contributed by atoms with van der Waals surface area (Å²) in [5, 5.41) is 12.0. The predicted octanol–water partition coefficient (Wildman–Crippen LogP) is 4.19. The Morgan fingerprint density at radius 2 is 2.00 bits per heavy atom. The number of nitrogens with zero attached hydrogens (tertiary/aromatic N) is 3. The van der Waals surface area contributed by atoms with Gasteiger partial charge >= 0.3 is 6.18 Å². The first-order valence-corrected chi connectivity index (χ1v) is 9.07.